The molecule has 0 saturated heterocycles. The SMILES string of the molecule is c1ccc(-c2cccc(-c3nc[n+](-n4c5ccccc5c5ccc6c7ccccc7n(-c7ccc(-c8nc9ccccc9o8)c8ccccc78)c6c54)c(-c4ccccc4)n3)c2)cc1. The Morgan fingerprint density at radius 3 is 1.84 bits per heavy atom. The van der Waals surface area contributed by atoms with Gasteiger partial charge >= 0.3 is 5.82 Å². The van der Waals surface area contributed by atoms with Crippen molar-refractivity contribution >= 4 is 65.5 Å². The number of nitrogens with zero attached hydrogens (tertiary/aromatic N) is 6. The number of hydrogen-bond acceptors (Lipinski definition) is 4. The van der Waals surface area contributed by atoms with E-state index in [-0.39, 0.29) is 0 Å². The third-order valence-electron chi connectivity index (χ3n) is 12.3. The van der Waals surface area contributed by atoms with Gasteiger partial charge in [-0.3, -0.25) is 0 Å². The third-order valence-corrected chi connectivity index (χ3v) is 12.3. The average molecular weight is 808 g/mol. The topological polar surface area (TPSA) is 65.5 Å². The number of para-hydroxylation sites is 4. The fourth-order valence-corrected chi connectivity index (χ4v) is 9.49. The van der Waals surface area contributed by atoms with Crippen molar-refractivity contribution in [1.29, 1.82) is 0 Å². The first-order chi connectivity index (χ1) is 31.3. The van der Waals surface area contributed by atoms with Gasteiger partial charge in [-0.2, -0.15) is 4.68 Å². The zero-order valence-corrected chi connectivity index (χ0v) is 33.8. The first-order valence-electron chi connectivity index (χ1n) is 21.1. The predicted octanol–water partition coefficient (Wildman–Crippen LogP) is 13.2. The zero-order valence-electron chi connectivity index (χ0n) is 33.8. The lowest BCUT2D eigenvalue weighted by Gasteiger charge is -2.15. The van der Waals surface area contributed by atoms with Gasteiger partial charge in [0.1, 0.15) is 11.0 Å². The van der Waals surface area contributed by atoms with Crippen LogP contribution in [0.25, 0.3) is 117 Å². The van der Waals surface area contributed by atoms with Crippen LogP contribution in [0.5, 0.6) is 0 Å². The van der Waals surface area contributed by atoms with Gasteiger partial charge in [0.15, 0.2) is 5.58 Å². The monoisotopic (exact) mass is 807 g/mol. The van der Waals surface area contributed by atoms with Crippen molar-refractivity contribution in [3.63, 3.8) is 0 Å². The largest absolute Gasteiger partial charge is 0.436 e. The zero-order chi connectivity index (χ0) is 41.4. The highest BCUT2D eigenvalue weighted by Gasteiger charge is 2.27. The Labute approximate surface area is 361 Å². The lowest BCUT2D eigenvalue weighted by molar-refractivity contribution is -0.715. The molecule has 13 aromatic rings. The number of hydrogen-bond donors (Lipinski definition) is 0. The lowest BCUT2D eigenvalue weighted by atomic mass is 10.0. The van der Waals surface area contributed by atoms with E-state index in [1.165, 1.54) is 0 Å². The number of aromatic nitrogens is 6. The van der Waals surface area contributed by atoms with Gasteiger partial charge in [0.05, 0.1) is 33.4 Å². The molecule has 4 aromatic heterocycles. The third kappa shape index (κ3) is 5.46. The number of benzene rings is 9. The number of oxazole rings is 1. The Balaban J connectivity index is 1.11. The van der Waals surface area contributed by atoms with E-state index in [1.807, 2.05) is 42.7 Å². The molecule has 4 heterocycles. The van der Waals surface area contributed by atoms with E-state index in [2.05, 4.69) is 184 Å². The molecule has 0 spiro atoms. The number of fused-ring (bicyclic) bond motifs is 9. The fraction of sp³-hybridized carbons (Fsp3) is 0. The van der Waals surface area contributed by atoms with Gasteiger partial charge in [-0.15, -0.1) is 4.68 Å². The molecule has 13 rings (SSSR count). The van der Waals surface area contributed by atoms with Crippen LogP contribution in [-0.4, -0.2) is 24.2 Å². The Kier molecular flexibility index (Phi) is 7.77. The Morgan fingerprint density at radius 1 is 0.429 bits per heavy atom. The maximum atomic E-state index is 6.36. The molecular weight excluding hydrogens is 773 g/mol. The van der Waals surface area contributed by atoms with Crippen molar-refractivity contribution in [2.75, 3.05) is 0 Å². The molecule has 0 radical (unpaired) electrons. The van der Waals surface area contributed by atoms with E-state index in [0.717, 1.165) is 105 Å². The summed E-state index contributed by atoms with van der Waals surface area (Å²) >= 11 is 0. The molecule has 0 aliphatic carbocycles. The van der Waals surface area contributed by atoms with Gasteiger partial charge in [-0.05, 0) is 77.2 Å². The Bertz CT molecular complexity index is 3890. The minimum atomic E-state index is 0.601. The lowest BCUT2D eigenvalue weighted by Crippen LogP contribution is -2.45. The minimum Gasteiger partial charge on any atom is -0.436 e. The molecule has 0 aliphatic heterocycles. The highest BCUT2D eigenvalue weighted by molar-refractivity contribution is 6.23. The van der Waals surface area contributed by atoms with Crippen molar-refractivity contribution in [2.45, 2.75) is 0 Å². The summed E-state index contributed by atoms with van der Waals surface area (Å²) in [5, 5.41) is 6.71. The van der Waals surface area contributed by atoms with Crippen LogP contribution < -0.4 is 4.68 Å². The van der Waals surface area contributed by atoms with Crippen LogP contribution in [0.15, 0.2) is 217 Å². The van der Waals surface area contributed by atoms with Crippen molar-refractivity contribution in [2.24, 2.45) is 0 Å². The Morgan fingerprint density at radius 2 is 1.05 bits per heavy atom. The predicted molar refractivity (Wildman–Crippen MR) is 254 cm³/mol. The highest BCUT2D eigenvalue weighted by Crippen LogP contribution is 2.42. The second kappa shape index (κ2) is 13.9. The van der Waals surface area contributed by atoms with Crippen molar-refractivity contribution < 1.29 is 9.09 Å². The summed E-state index contributed by atoms with van der Waals surface area (Å²) in [6.45, 7) is 0. The van der Waals surface area contributed by atoms with Crippen molar-refractivity contribution in [3.8, 4) is 51.0 Å². The second-order valence-corrected chi connectivity index (χ2v) is 15.9. The van der Waals surface area contributed by atoms with Crippen LogP contribution >= 0.6 is 0 Å². The van der Waals surface area contributed by atoms with E-state index in [9.17, 15) is 0 Å². The molecule has 0 atom stereocenters. The van der Waals surface area contributed by atoms with Gasteiger partial charge in [0.25, 0.3) is 12.2 Å². The standard InChI is InChI=1S/C56H35N6O/c1-3-16-36(17-4-1)38-20-15-21-39(34-38)54-57-35-60(55(59-54)37-18-5-2-6-19-37)62-50-28-13-10-25-43(50)45-31-30-44-42-24-9-12-27-48(42)61(52(44)53(45)62)49-33-32-46(40-22-7-8-23-41(40)49)56-58-47-26-11-14-29-51(47)63-56/h1-35H/q+1. The van der Waals surface area contributed by atoms with E-state index in [4.69, 9.17) is 19.4 Å². The molecule has 0 bridgehead atoms. The molecule has 0 amide bonds. The Hall–Kier alpha value is -8.68. The summed E-state index contributed by atoms with van der Waals surface area (Å²) in [4.78, 5) is 15.5. The van der Waals surface area contributed by atoms with E-state index >= 15 is 0 Å². The van der Waals surface area contributed by atoms with Crippen molar-refractivity contribution in [1.82, 2.24) is 24.2 Å². The number of rotatable bonds is 6. The average Bonchev–Trinajstić information content (AvgIpc) is 4.04. The summed E-state index contributed by atoms with van der Waals surface area (Å²) in [7, 11) is 0. The van der Waals surface area contributed by atoms with Crippen LogP contribution in [0.2, 0.25) is 0 Å². The first kappa shape index (κ1) is 35.1. The van der Waals surface area contributed by atoms with Crippen LogP contribution in [0.3, 0.4) is 0 Å². The second-order valence-electron chi connectivity index (χ2n) is 15.9. The molecule has 7 nitrogen and oxygen atoms in total. The van der Waals surface area contributed by atoms with E-state index < -0.39 is 0 Å². The maximum Gasteiger partial charge on any atom is 0.308 e. The van der Waals surface area contributed by atoms with Crippen LogP contribution in [0.4, 0.5) is 0 Å². The van der Waals surface area contributed by atoms with Gasteiger partial charge in [0, 0.05) is 32.5 Å². The molecule has 7 heteroatoms. The first-order valence-corrected chi connectivity index (χ1v) is 21.1. The van der Waals surface area contributed by atoms with E-state index in [1.54, 1.807) is 0 Å². The molecule has 0 N–H and O–H groups in total. The molecule has 9 aromatic carbocycles. The van der Waals surface area contributed by atoms with Crippen LogP contribution in [0.1, 0.15) is 0 Å². The summed E-state index contributed by atoms with van der Waals surface area (Å²) in [5.41, 5.74) is 12.0. The summed E-state index contributed by atoms with van der Waals surface area (Å²) in [6, 6.07) is 72.1. The quantitative estimate of drug-likeness (QED) is 0.157. The van der Waals surface area contributed by atoms with Crippen LogP contribution in [-0.2, 0) is 0 Å². The smallest absolute Gasteiger partial charge is 0.308 e. The highest BCUT2D eigenvalue weighted by atomic mass is 16.3. The summed E-state index contributed by atoms with van der Waals surface area (Å²) < 4.78 is 13.2. The van der Waals surface area contributed by atoms with Gasteiger partial charge in [-0.1, -0.05) is 156 Å². The normalized spacial score (nSPS) is 11.8. The maximum absolute atomic E-state index is 6.36. The molecule has 0 unspecified atom stereocenters. The fourth-order valence-electron chi connectivity index (χ4n) is 9.49. The van der Waals surface area contributed by atoms with Gasteiger partial charge < -0.3 is 8.98 Å². The minimum absolute atomic E-state index is 0.601. The molecule has 0 aliphatic rings. The van der Waals surface area contributed by atoms with Crippen LogP contribution in [0, 0.1) is 0 Å². The molecule has 0 fully saturated rings. The summed E-state index contributed by atoms with van der Waals surface area (Å²) in [6.07, 6.45) is 1.93. The molecule has 63 heavy (non-hydrogen) atoms. The van der Waals surface area contributed by atoms with Crippen molar-refractivity contribution in [3.05, 3.63) is 213 Å². The molecule has 0 saturated carbocycles. The summed E-state index contributed by atoms with van der Waals surface area (Å²) in [5.74, 6) is 2.01. The van der Waals surface area contributed by atoms with Gasteiger partial charge in [0.2, 0.25) is 5.89 Å². The molecular formula is C56H35N6O+. The van der Waals surface area contributed by atoms with E-state index in [0.29, 0.717) is 11.7 Å². The van der Waals surface area contributed by atoms with Gasteiger partial charge in [-0.25, -0.2) is 4.98 Å². The molecule has 294 valence electrons.